The van der Waals surface area contributed by atoms with E-state index < -0.39 is 5.97 Å². The van der Waals surface area contributed by atoms with Crippen LogP contribution in [0, 0.1) is 0 Å². The summed E-state index contributed by atoms with van der Waals surface area (Å²) in [5.74, 6) is -0.135. The molecular formula is C30H28Cl2N6O3S. The molecule has 0 bridgehead atoms. The number of benzene rings is 3. The minimum Gasteiger partial charge on any atom is -0.481 e. The molecule has 0 atom stereocenters. The summed E-state index contributed by atoms with van der Waals surface area (Å²) in [7, 11) is 1.91. The van der Waals surface area contributed by atoms with Crippen molar-refractivity contribution < 1.29 is 14.7 Å². The molecule has 1 N–H and O–H groups in total. The molecule has 9 nitrogen and oxygen atoms in total. The van der Waals surface area contributed by atoms with E-state index in [2.05, 4.69) is 39.4 Å². The van der Waals surface area contributed by atoms with Crippen molar-refractivity contribution in [2.75, 3.05) is 11.7 Å². The second kappa shape index (κ2) is 13.9. The molecule has 0 unspecified atom stereocenters. The number of halogens is 2. The fraction of sp³-hybridized carbons (Fsp3) is 0.200. The molecule has 12 heteroatoms. The maximum Gasteiger partial charge on any atom is 0.307 e. The highest BCUT2D eigenvalue weighted by Crippen LogP contribution is 2.28. The van der Waals surface area contributed by atoms with Crippen LogP contribution in [0.3, 0.4) is 0 Å². The number of imidazole rings is 1. The second-order valence-corrected chi connectivity index (χ2v) is 11.3. The number of nitrogens with zero attached hydrogens (tertiary/aromatic N) is 6. The van der Waals surface area contributed by atoms with Crippen LogP contribution in [0.2, 0.25) is 10.3 Å². The van der Waals surface area contributed by atoms with Crippen molar-refractivity contribution in [3.8, 4) is 0 Å². The zero-order chi connectivity index (χ0) is 29.5. The summed E-state index contributed by atoms with van der Waals surface area (Å²) in [5, 5.41) is 21.0. The Bertz CT molecular complexity index is 1630. The molecule has 0 aliphatic rings. The van der Waals surface area contributed by atoms with E-state index in [1.165, 1.54) is 17.3 Å². The van der Waals surface area contributed by atoms with E-state index in [0.717, 1.165) is 39.1 Å². The van der Waals surface area contributed by atoms with E-state index in [9.17, 15) is 4.79 Å². The first kappa shape index (κ1) is 29.7. The van der Waals surface area contributed by atoms with Crippen LogP contribution in [0.15, 0.2) is 95.2 Å². The Hall–Kier alpha value is -3.83. The average molecular weight is 624 g/mol. The molecule has 2 aromatic heterocycles. The van der Waals surface area contributed by atoms with Crippen LogP contribution >= 0.6 is 35.0 Å². The van der Waals surface area contributed by atoms with Gasteiger partial charge < -0.3 is 14.2 Å². The zero-order valence-electron chi connectivity index (χ0n) is 22.7. The third-order valence-electron chi connectivity index (χ3n) is 6.49. The second-order valence-electron chi connectivity index (χ2n) is 9.50. The highest BCUT2D eigenvalue weighted by Gasteiger charge is 2.15. The molecule has 0 radical (unpaired) electrons. The SMILES string of the molecule is Cn1c(Cn2cnc(Cl)c2Cl)nnc1Sc1ccc(CN(OCCc2ccccc2)c2ccc(CC(=O)O)cc2)cc1. The lowest BCUT2D eigenvalue weighted by atomic mass is 10.1. The van der Waals surface area contributed by atoms with Crippen LogP contribution < -0.4 is 5.06 Å². The van der Waals surface area contributed by atoms with Gasteiger partial charge in [0.1, 0.15) is 5.15 Å². The summed E-state index contributed by atoms with van der Waals surface area (Å²) in [6.07, 6.45) is 2.32. The fourth-order valence-electron chi connectivity index (χ4n) is 4.20. The summed E-state index contributed by atoms with van der Waals surface area (Å²) in [6, 6.07) is 25.8. The van der Waals surface area contributed by atoms with E-state index in [1.54, 1.807) is 10.9 Å². The number of hydrogen-bond acceptors (Lipinski definition) is 7. The van der Waals surface area contributed by atoms with Crippen molar-refractivity contribution in [1.82, 2.24) is 24.3 Å². The summed E-state index contributed by atoms with van der Waals surface area (Å²) in [6.45, 7) is 1.42. The van der Waals surface area contributed by atoms with Crippen molar-refractivity contribution in [2.45, 2.75) is 36.0 Å². The van der Waals surface area contributed by atoms with Gasteiger partial charge in [-0.2, -0.15) is 0 Å². The molecule has 0 saturated heterocycles. The molecule has 0 fully saturated rings. The van der Waals surface area contributed by atoms with Gasteiger partial charge in [0, 0.05) is 11.9 Å². The van der Waals surface area contributed by atoms with Gasteiger partial charge in [0.05, 0.1) is 38.1 Å². The minimum absolute atomic E-state index is 0.0209. The van der Waals surface area contributed by atoms with E-state index in [-0.39, 0.29) is 11.6 Å². The number of rotatable bonds is 13. The lowest BCUT2D eigenvalue weighted by molar-refractivity contribution is -0.136. The normalized spacial score (nSPS) is 11.1. The zero-order valence-corrected chi connectivity index (χ0v) is 25.1. The highest BCUT2D eigenvalue weighted by molar-refractivity contribution is 7.99. The van der Waals surface area contributed by atoms with Gasteiger partial charge in [-0.1, -0.05) is 77.8 Å². The molecule has 0 aliphatic heterocycles. The molecule has 42 heavy (non-hydrogen) atoms. The van der Waals surface area contributed by atoms with Crippen LogP contribution in [0.4, 0.5) is 5.69 Å². The number of aliphatic carboxylic acids is 1. The number of carbonyl (C=O) groups is 1. The third-order valence-corrected chi connectivity index (χ3v) is 8.30. The maximum atomic E-state index is 11.1. The first-order valence-electron chi connectivity index (χ1n) is 13.1. The molecule has 0 saturated carbocycles. The van der Waals surface area contributed by atoms with Crippen molar-refractivity contribution in [3.63, 3.8) is 0 Å². The largest absolute Gasteiger partial charge is 0.481 e. The van der Waals surface area contributed by atoms with E-state index in [4.69, 9.17) is 33.1 Å². The number of hydrogen-bond donors (Lipinski definition) is 1. The van der Waals surface area contributed by atoms with Gasteiger partial charge in [-0.15, -0.1) is 10.2 Å². The molecule has 216 valence electrons. The monoisotopic (exact) mass is 622 g/mol. The van der Waals surface area contributed by atoms with Crippen molar-refractivity contribution >= 4 is 46.6 Å². The molecular weight excluding hydrogens is 595 g/mol. The predicted octanol–water partition coefficient (Wildman–Crippen LogP) is 6.33. The lowest BCUT2D eigenvalue weighted by Crippen LogP contribution is -2.24. The summed E-state index contributed by atoms with van der Waals surface area (Å²) in [5.41, 5.74) is 3.83. The van der Waals surface area contributed by atoms with E-state index >= 15 is 0 Å². The summed E-state index contributed by atoms with van der Waals surface area (Å²) < 4.78 is 3.63. The van der Waals surface area contributed by atoms with Crippen molar-refractivity contribution in [3.05, 3.63) is 118 Å². The molecule has 0 aliphatic carbocycles. The molecule has 2 heterocycles. The first-order chi connectivity index (χ1) is 20.4. The number of aromatic nitrogens is 5. The van der Waals surface area contributed by atoms with E-state index in [0.29, 0.717) is 24.8 Å². The molecule has 5 rings (SSSR count). The first-order valence-corrected chi connectivity index (χ1v) is 14.7. The molecule has 0 spiro atoms. The number of carboxylic acids is 1. The van der Waals surface area contributed by atoms with Gasteiger partial charge in [-0.25, -0.2) is 10.0 Å². The Kier molecular flexibility index (Phi) is 9.81. The Labute approximate surface area is 257 Å². The van der Waals surface area contributed by atoms with Crippen LogP contribution in [-0.4, -0.2) is 42.0 Å². The van der Waals surface area contributed by atoms with Crippen molar-refractivity contribution in [1.29, 1.82) is 0 Å². The Morgan fingerprint density at radius 3 is 2.33 bits per heavy atom. The van der Waals surface area contributed by atoms with Gasteiger partial charge in [0.25, 0.3) is 0 Å². The average Bonchev–Trinajstić information content (AvgIpc) is 3.50. The standard InChI is InChI=1S/C30H28Cl2N6O3S/c1-36-26(19-37-20-33-28(31)29(37)32)34-35-30(36)42-25-13-9-23(10-14-25)18-38(41-16-15-21-5-3-2-4-6-21)24-11-7-22(8-12-24)17-27(39)40/h2-14,20H,15-19H2,1H3,(H,39,40). The van der Waals surface area contributed by atoms with Crippen molar-refractivity contribution in [2.24, 2.45) is 7.05 Å². The third kappa shape index (κ3) is 7.71. The van der Waals surface area contributed by atoms with Crippen LogP contribution in [-0.2, 0) is 42.6 Å². The van der Waals surface area contributed by atoms with Gasteiger partial charge in [0.15, 0.2) is 16.1 Å². The number of hydroxylamine groups is 1. The molecule has 0 amide bonds. The smallest absolute Gasteiger partial charge is 0.307 e. The number of anilines is 1. The topological polar surface area (TPSA) is 98.3 Å². The maximum absolute atomic E-state index is 11.1. The summed E-state index contributed by atoms with van der Waals surface area (Å²) in [4.78, 5) is 22.3. The summed E-state index contributed by atoms with van der Waals surface area (Å²) >= 11 is 13.7. The minimum atomic E-state index is -0.860. The predicted molar refractivity (Wildman–Crippen MR) is 163 cm³/mol. The Morgan fingerprint density at radius 2 is 1.67 bits per heavy atom. The Balaban J connectivity index is 1.25. The van der Waals surface area contributed by atoms with Gasteiger partial charge in [-0.3, -0.25) is 9.63 Å². The van der Waals surface area contributed by atoms with Crippen LogP contribution in [0.1, 0.15) is 22.5 Å². The lowest BCUT2D eigenvalue weighted by Gasteiger charge is -2.24. The van der Waals surface area contributed by atoms with Crippen LogP contribution in [0.5, 0.6) is 0 Å². The van der Waals surface area contributed by atoms with Gasteiger partial charge >= 0.3 is 5.97 Å². The molecule has 3 aromatic carbocycles. The number of carboxylic acid groups (broad SMARTS) is 1. The van der Waals surface area contributed by atoms with Crippen LogP contribution in [0.25, 0.3) is 0 Å². The highest BCUT2D eigenvalue weighted by atomic mass is 35.5. The fourth-order valence-corrected chi connectivity index (χ4v) is 5.31. The van der Waals surface area contributed by atoms with E-state index in [1.807, 2.05) is 71.3 Å². The molecule has 5 aromatic rings. The quantitative estimate of drug-likeness (QED) is 0.152. The van der Waals surface area contributed by atoms with Gasteiger partial charge in [-0.05, 0) is 59.1 Å². The van der Waals surface area contributed by atoms with Gasteiger partial charge in [0.2, 0.25) is 0 Å². The Morgan fingerprint density at radius 1 is 0.952 bits per heavy atom.